The number of nitrogens with one attached hydrogen (secondary N) is 1. The summed E-state index contributed by atoms with van der Waals surface area (Å²) in [6.07, 6.45) is 9.76. The van der Waals surface area contributed by atoms with E-state index in [1.807, 2.05) is 12.1 Å². The normalized spacial score (nSPS) is 16.8. The summed E-state index contributed by atoms with van der Waals surface area (Å²) in [7, 11) is 1.76. The van der Waals surface area contributed by atoms with Gasteiger partial charge < -0.3 is 19.5 Å². The van der Waals surface area contributed by atoms with E-state index in [4.69, 9.17) is 4.74 Å². The number of halogens is 4. The number of piperazine rings is 1. The molecule has 2 aliphatic rings. The van der Waals surface area contributed by atoms with Crippen molar-refractivity contribution < 1.29 is 9.13 Å². The Kier molecular flexibility index (Phi) is 14.2. The van der Waals surface area contributed by atoms with Gasteiger partial charge in [0, 0.05) is 43.3 Å². The third-order valence-corrected chi connectivity index (χ3v) is 8.20. The average Bonchev–Trinajstić information content (AvgIpc) is 3.34. The first-order valence-corrected chi connectivity index (χ1v) is 13.8. The molecule has 1 N–H and O–H groups in total. The number of likely N-dealkylation sites (tertiary alicyclic amines) is 1. The number of aromatic nitrogens is 1. The van der Waals surface area contributed by atoms with Gasteiger partial charge in [0.05, 0.1) is 12.8 Å². The van der Waals surface area contributed by atoms with Gasteiger partial charge in [-0.15, -0.1) is 37.2 Å². The van der Waals surface area contributed by atoms with Crippen molar-refractivity contribution >= 4 is 53.8 Å². The van der Waals surface area contributed by atoms with Gasteiger partial charge in [0.15, 0.2) is 0 Å². The minimum Gasteiger partial charge on any atom is -0.495 e. The quantitative estimate of drug-likeness (QED) is 0.251. The molecule has 39 heavy (non-hydrogen) atoms. The Hall–Kier alpha value is -1.70. The lowest BCUT2D eigenvalue weighted by Gasteiger charge is -2.36. The van der Waals surface area contributed by atoms with Gasteiger partial charge in [-0.05, 0) is 93.7 Å². The minimum atomic E-state index is -0.169. The Morgan fingerprint density at radius 2 is 1.46 bits per heavy atom. The molecule has 9 heteroatoms. The molecule has 0 saturated carbocycles. The topological polar surface area (TPSA) is 34.7 Å². The molecule has 2 fully saturated rings. The predicted molar refractivity (Wildman–Crippen MR) is 169 cm³/mol. The van der Waals surface area contributed by atoms with Crippen molar-refractivity contribution in [1.82, 2.24) is 14.8 Å². The number of anilines is 1. The summed E-state index contributed by atoms with van der Waals surface area (Å²) in [5.74, 6) is 1.39. The molecule has 0 radical (unpaired) electrons. The predicted octanol–water partition coefficient (Wildman–Crippen LogP) is 7.14. The molecule has 3 aromatic rings. The molecule has 0 atom stereocenters. The number of aromatic amines is 1. The van der Waals surface area contributed by atoms with Crippen LogP contribution in [0.1, 0.15) is 50.0 Å². The van der Waals surface area contributed by atoms with Crippen LogP contribution in [0, 0.1) is 5.82 Å². The molecule has 2 saturated heterocycles. The van der Waals surface area contributed by atoms with Crippen molar-refractivity contribution in [2.45, 2.75) is 44.4 Å². The van der Waals surface area contributed by atoms with Gasteiger partial charge in [0.1, 0.15) is 11.6 Å². The maximum absolute atomic E-state index is 13.5. The molecule has 2 aliphatic heterocycles. The fraction of sp³-hybridized carbons (Fsp3) is 0.533. The molecule has 5 rings (SSSR count). The molecule has 0 aliphatic carbocycles. The zero-order chi connectivity index (χ0) is 24.7. The lowest BCUT2D eigenvalue weighted by Crippen LogP contribution is -2.46. The third-order valence-electron chi connectivity index (χ3n) is 8.20. The number of nitrogens with zero attached hydrogens (tertiary/aromatic N) is 3. The van der Waals surface area contributed by atoms with E-state index < -0.39 is 0 Å². The van der Waals surface area contributed by atoms with Gasteiger partial charge in [-0.25, -0.2) is 4.39 Å². The molecule has 2 aromatic carbocycles. The fourth-order valence-electron chi connectivity index (χ4n) is 6.05. The first-order valence-electron chi connectivity index (χ1n) is 13.8. The molecule has 0 bridgehead atoms. The highest BCUT2D eigenvalue weighted by atomic mass is 35.5. The summed E-state index contributed by atoms with van der Waals surface area (Å²) < 4.78 is 19.0. The van der Waals surface area contributed by atoms with Crippen LogP contribution in [0.5, 0.6) is 5.75 Å². The summed E-state index contributed by atoms with van der Waals surface area (Å²) in [5, 5.41) is 1.19. The summed E-state index contributed by atoms with van der Waals surface area (Å²) in [4.78, 5) is 11.0. The van der Waals surface area contributed by atoms with Crippen LogP contribution in [0.2, 0.25) is 0 Å². The second-order valence-corrected chi connectivity index (χ2v) is 10.5. The SMILES string of the molecule is COc1ccccc1N1CCN(CCCCCCN2CCC(c3c[nH]c4cc(F)ccc34)CC2)CC1.Cl.Cl.Cl. The zero-order valence-electron chi connectivity index (χ0n) is 22.9. The van der Waals surface area contributed by atoms with Gasteiger partial charge in [-0.2, -0.15) is 0 Å². The third kappa shape index (κ3) is 8.64. The molecule has 0 spiro atoms. The second-order valence-electron chi connectivity index (χ2n) is 10.5. The lowest BCUT2D eigenvalue weighted by atomic mass is 9.89. The number of ether oxygens (including phenoxy) is 1. The maximum atomic E-state index is 13.5. The highest BCUT2D eigenvalue weighted by Gasteiger charge is 2.23. The van der Waals surface area contributed by atoms with Gasteiger partial charge in [0.2, 0.25) is 0 Å². The van der Waals surface area contributed by atoms with Crippen LogP contribution in [-0.4, -0.2) is 74.3 Å². The van der Waals surface area contributed by atoms with Crippen LogP contribution in [0.3, 0.4) is 0 Å². The van der Waals surface area contributed by atoms with Crippen LogP contribution in [0.25, 0.3) is 10.9 Å². The van der Waals surface area contributed by atoms with E-state index >= 15 is 0 Å². The molecular weight excluding hydrogens is 558 g/mol. The number of hydrogen-bond acceptors (Lipinski definition) is 4. The van der Waals surface area contributed by atoms with Crippen LogP contribution >= 0.6 is 37.2 Å². The molecule has 3 heterocycles. The summed E-state index contributed by atoms with van der Waals surface area (Å²) in [6.45, 7) is 9.22. The van der Waals surface area contributed by atoms with Gasteiger partial charge in [0.25, 0.3) is 0 Å². The highest BCUT2D eigenvalue weighted by Crippen LogP contribution is 2.33. The standard InChI is InChI=1S/C30H41FN4O.3ClH/c1-36-30-9-5-4-8-29(30)35-20-18-34(19-21-35)15-7-3-2-6-14-33-16-12-24(13-17-33)27-23-32-28-22-25(31)10-11-26(27)28;;;/h4-5,8-11,22-24,32H,2-3,6-7,12-21H2,1H3;3*1H. The van der Waals surface area contributed by atoms with Crippen molar-refractivity contribution in [3.8, 4) is 5.75 Å². The summed E-state index contributed by atoms with van der Waals surface area (Å²) in [5.41, 5.74) is 3.51. The smallest absolute Gasteiger partial charge is 0.142 e. The second kappa shape index (κ2) is 16.5. The number of piperidine rings is 1. The molecule has 1 aromatic heterocycles. The lowest BCUT2D eigenvalue weighted by molar-refractivity contribution is 0.207. The highest BCUT2D eigenvalue weighted by molar-refractivity contribution is 5.86. The Balaban J connectivity index is 0.00000178. The number of para-hydroxylation sites is 2. The molecular formula is C30H44Cl3FN4O. The number of methoxy groups -OCH3 is 1. The summed E-state index contributed by atoms with van der Waals surface area (Å²) >= 11 is 0. The van der Waals surface area contributed by atoms with Crippen molar-refractivity contribution in [3.05, 3.63) is 60.0 Å². The number of fused-ring (bicyclic) bond motifs is 1. The first kappa shape index (κ1) is 33.5. The largest absolute Gasteiger partial charge is 0.495 e. The van der Waals surface area contributed by atoms with Crippen molar-refractivity contribution in [2.75, 3.05) is 64.4 Å². The maximum Gasteiger partial charge on any atom is 0.142 e. The van der Waals surface area contributed by atoms with E-state index in [2.05, 4.69) is 44.1 Å². The van der Waals surface area contributed by atoms with E-state index in [0.717, 1.165) is 37.4 Å². The monoisotopic (exact) mass is 600 g/mol. The first-order chi connectivity index (χ1) is 17.7. The number of rotatable bonds is 10. The number of H-pyrrole nitrogens is 1. The van der Waals surface area contributed by atoms with E-state index in [0.29, 0.717) is 5.92 Å². The van der Waals surface area contributed by atoms with Crippen LogP contribution in [0.4, 0.5) is 10.1 Å². The van der Waals surface area contributed by atoms with Gasteiger partial charge in [-0.3, -0.25) is 4.90 Å². The average molecular weight is 602 g/mol. The zero-order valence-corrected chi connectivity index (χ0v) is 25.4. The Labute approximate surface area is 251 Å². The number of hydrogen-bond donors (Lipinski definition) is 1. The fourth-order valence-corrected chi connectivity index (χ4v) is 6.05. The van der Waals surface area contributed by atoms with Crippen LogP contribution in [-0.2, 0) is 0 Å². The molecule has 218 valence electrons. The molecule has 0 unspecified atom stereocenters. The Morgan fingerprint density at radius 3 is 2.13 bits per heavy atom. The van der Waals surface area contributed by atoms with Crippen molar-refractivity contribution in [2.24, 2.45) is 0 Å². The Morgan fingerprint density at radius 1 is 0.821 bits per heavy atom. The van der Waals surface area contributed by atoms with E-state index in [-0.39, 0.29) is 43.0 Å². The number of unbranched alkanes of at least 4 members (excludes halogenated alkanes) is 3. The summed E-state index contributed by atoms with van der Waals surface area (Å²) in [6, 6.07) is 13.5. The van der Waals surface area contributed by atoms with Crippen molar-refractivity contribution in [3.63, 3.8) is 0 Å². The van der Waals surface area contributed by atoms with E-state index in [1.165, 1.54) is 81.3 Å². The number of benzene rings is 2. The van der Waals surface area contributed by atoms with E-state index in [1.54, 1.807) is 19.2 Å². The van der Waals surface area contributed by atoms with Crippen LogP contribution in [0.15, 0.2) is 48.7 Å². The molecule has 0 amide bonds. The van der Waals surface area contributed by atoms with E-state index in [9.17, 15) is 4.39 Å². The Bertz CT molecular complexity index is 1110. The van der Waals surface area contributed by atoms with Gasteiger partial charge >= 0.3 is 0 Å². The van der Waals surface area contributed by atoms with Crippen molar-refractivity contribution in [1.29, 1.82) is 0 Å². The minimum absolute atomic E-state index is 0. The molecule has 5 nitrogen and oxygen atoms in total. The van der Waals surface area contributed by atoms with Crippen LogP contribution < -0.4 is 9.64 Å². The van der Waals surface area contributed by atoms with Gasteiger partial charge in [-0.1, -0.05) is 25.0 Å².